The normalized spacial score (nSPS) is 13.3. The molecule has 1 heterocycles. The molecule has 0 radical (unpaired) electrons. The Hall–Kier alpha value is -2.15. The van der Waals surface area contributed by atoms with Gasteiger partial charge in [-0.2, -0.15) is 0 Å². The zero-order valence-electron chi connectivity index (χ0n) is 16.8. The zero-order valence-corrected chi connectivity index (χ0v) is 17.7. The van der Waals surface area contributed by atoms with Gasteiger partial charge in [0.2, 0.25) is 0 Å². The van der Waals surface area contributed by atoms with Gasteiger partial charge in [-0.1, -0.05) is 18.2 Å². The van der Waals surface area contributed by atoms with E-state index in [0.717, 1.165) is 16.5 Å². The van der Waals surface area contributed by atoms with Crippen molar-refractivity contribution in [3.05, 3.63) is 36.0 Å². The van der Waals surface area contributed by atoms with Gasteiger partial charge >= 0.3 is 13.7 Å². The lowest BCUT2D eigenvalue weighted by Gasteiger charge is -2.24. The first-order chi connectivity index (χ1) is 13.1. The number of hydrogen-bond donors (Lipinski definition) is 2. The average molecular weight is 410 g/mol. The molecule has 1 amide bonds. The van der Waals surface area contributed by atoms with Crippen LogP contribution in [0.25, 0.3) is 10.9 Å². The molecule has 0 saturated carbocycles. The molecule has 154 valence electrons. The number of H-pyrrole nitrogens is 1. The molecule has 0 spiro atoms. The van der Waals surface area contributed by atoms with E-state index in [9.17, 15) is 14.2 Å². The summed E-state index contributed by atoms with van der Waals surface area (Å²) in [6.07, 6.45) is 0.807. The topological polar surface area (TPSA) is 107 Å². The van der Waals surface area contributed by atoms with Crippen LogP contribution < -0.4 is 5.32 Å². The number of aromatic nitrogens is 1. The smallest absolute Gasteiger partial charge is 0.408 e. The fraction of sp³-hybridized carbons (Fsp3) is 0.474. The zero-order chi connectivity index (χ0) is 20.9. The minimum absolute atomic E-state index is 0.204. The number of alkyl carbamates (subject to hydrolysis) is 1. The molecule has 9 heteroatoms. The Labute approximate surface area is 164 Å². The maximum Gasteiger partial charge on any atom is 0.408 e. The number of ketones is 1. The van der Waals surface area contributed by atoms with E-state index in [-0.39, 0.29) is 6.42 Å². The van der Waals surface area contributed by atoms with E-state index >= 15 is 0 Å². The Kier molecular flexibility index (Phi) is 7.04. The number of ether oxygens (including phenoxy) is 1. The minimum Gasteiger partial charge on any atom is -0.444 e. The number of benzene rings is 1. The predicted molar refractivity (Wildman–Crippen MR) is 107 cm³/mol. The second-order valence-corrected chi connectivity index (χ2v) is 9.63. The van der Waals surface area contributed by atoms with Gasteiger partial charge in [-0.25, -0.2) is 4.79 Å². The van der Waals surface area contributed by atoms with E-state index in [1.807, 2.05) is 24.3 Å². The number of hydrogen-bond acceptors (Lipinski definition) is 6. The van der Waals surface area contributed by atoms with Gasteiger partial charge in [0.1, 0.15) is 11.8 Å². The molecular weight excluding hydrogens is 383 g/mol. The Balaban J connectivity index is 2.26. The van der Waals surface area contributed by atoms with E-state index in [0.29, 0.717) is 0 Å². The summed E-state index contributed by atoms with van der Waals surface area (Å²) in [6.45, 7) is 5.19. The monoisotopic (exact) mass is 410 g/mol. The number of amides is 1. The Morgan fingerprint density at radius 3 is 2.43 bits per heavy atom. The minimum atomic E-state index is -3.56. The van der Waals surface area contributed by atoms with Crippen molar-refractivity contribution in [1.29, 1.82) is 0 Å². The van der Waals surface area contributed by atoms with Crippen molar-refractivity contribution in [3.8, 4) is 0 Å². The van der Waals surface area contributed by atoms with E-state index in [1.54, 1.807) is 27.0 Å². The summed E-state index contributed by atoms with van der Waals surface area (Å²) < 4.78 is 27.4. The summed E-state index contributed by atoms with van der Waals surface area (Å²) in [5, 5.41) is 3.53. The average Bonchev–Trinajstić information content (AvgIpc) is 3.02. The molecule has 0 fully saturated rings. The summed E-state index contributed by atoms with van der Waals surface area (Å²) in [6, 6.07) is 6.68. The van der Waals surface area contributed by atoms with Crippen LogP contribution in [0, 0.1) is 0 Å². The maximum atomic E-state index is 12.8. The highest BCUT2D eigenvalue weighted by molar-refractivity contribution is 7.54. The third-order valence-corrected chi connectivity index (χ3v) is 5.90. The fourth-order valence-electron chi connectivity index (χ4n) is 2.72. The van der Waals surface area contributed by atoms with Crippen molar-refractivity contribution in [3.63, 3.8) is 0 Å². The van der Waals surface area contributed by atoms with Crippen molar-refractivity contribution < 1.29 is 27.9 Å². The lowest BCUT2D eigenvalue weighted by molar-refractivity contribution is -0.118. The highest BCUT2D eigenvalue weighted by Gasteiger charge is 2.32. The van der Waals surface area contributed by atoms with Crippen LogP contribution >= 0.6 is 7.60 Å². The van der Waals surface area contributed by atoms with Gasteiger partial charge in [-0.15, -0.1) is 0 Å². The number of carbonyl (C=O) groups is 2. The first-order valence-electron chi connectivity index (χ1n) is 8.84. The van der Waals surface area contributed by atoms with Crippen molar-refractivity contribution in [1.82, 2.24) is 10.3 Å². The quantitative estimate of drug-likeness (QED) is 0.643. The van der Waals surface area contributed by atoms with Crippen LogP contribution in [0.15, 0.2) is 30.5 Å². The number of Topliss-reactive ketones (excluding diaryl/α,β-unsaturated/α-hetero) is 1. The van der Waals surface area contributed by atoms with E-state index in [2.05, 4.69) is 10.3 Å². The van der Waals surface area contributed by atoms with Gasteiger partial charge in [0.15, 0.2) is 5.78 Å². The molecule has 1 atom stereocenters. The van der Waals surface area contributed by atoms with Gasteiger partial charge in [0.05, 0.1) is 6.04 Å². The Morgan fingerprint density at radius 1 is 1.18 bits per heavy atom. The van der Waals surface area contributed by atoms with Crippen LogP contribution in [0.2, 0.25) is 0 Å². The molecule has 0 aliphatic carbocycles. The molecular formula is C19H27N2O6P. The molecule has 1 aromatic carbocycles. The van der Waals surface area contributed by atoms with Crippen LogP contribution in [-0.4, -0.2) is 48.9 Å². The number of fused-ring (bicyclic) bond motifs is 1. The summed E-state index contributed by atoms with van der Waals surface area (Å²) >= 11 is 0. The third-order valence-electron chi connectivity index (χ3n) is 4.08. The van der Waals surface area contributed by atoms with Crippen molar-refractivity contribution in [2.75, 3.05) is 20.4 Å². The largest absolute Gasteiger partial charge is 0.444 e. The summed E-state index contributed by atoms with van der Waals surface area (Å²) in [5.74, 6) is -0.469. The molecule has 2 N–H and O–H groups in total. The van der Waals surface area contributed by atoms with Gasteiger partial charge in [-0.3, -0.25) is 9.36 Å². The van der Waals surface area contributed by atoms with Gasteiger partial charge in [-0.05, 0) is 32.4 Å². The number of nitrogens with one attached hydrogen (secondary N) is 2. The molecule has 0 aliphatic heterocycles. The number of aromatic amines is 1. The highest BCUT2D eigenvalue weighted by Crippen LogP contribution is 2.46. The third kappa shape index (κ3) is 5.92. The molecule has 0 bridgehead atoms. The molecule has 28 heavy (non-hydrogen) atoms. The van der Waals surface area contributed by atoms with Gasteiger partial charge in [0.25, 0.3) is 0 Å². The van der Waals surface area contributed by atoms with Gasteiger partial charge in [0, 0.05) is 37.7 Å². The molecule has 2 aromatic rings. The maximum absolute atomic E-state index is 12.8. The second kappa shape index (κ2) is 8.90. The highest BCUT2D eigenvalue weighted by atomic mass is 31.2. The first-order valence-corrected chi connectivity index (χ1v) is 10.6. The first kappa shape index (κ1) is 22.1. The summed E-state index contributed by atoms with van der Waals surface area (Å²) in [7, 11) is -1.13. The molecule has 1 unspecified atom stereocenters. The number of para-hydroxylation sites is 1. The van der Waals surface area contributed by atoms with E-state index < -0.39 is 37.3 Å². The van der Waals surface area contributed by atoms with Crippen LogP contribution in [0.1, 0.15) is 26.3 Å². The van der Waals surface area contributed by atoms with E-state index in [4.69, 9.17) is 13.8 Å². The Morgan fingerprint density at radius 2 is 1.82 bits per heavy atom. The molecule has 2 rings (SSSR count). The lowest BCUT2D eigenvalue weighted by Crippen LogP contribution is -2.45. The van der Waals surface area contributed by atoms with E-state index in [1.165, 1.54) is 14.2 Å². The lowest BCUT2D eigenvalue weighted by atomic mass is 10.0. The van der Waals surface area contributed by atoms with Crippen molar-refractivity contribution >= 4 is 30.4 Å². The van der Waals surface area contributed by atoms with Crippen LogP contribution in [0.5, 0.6) is 0 Å². The molecule has 0 saturated heterocycles. The van der Waals surface area contributed by atoms with Crippen molar-refractivity contribution in [2.45, 2.75) is 38.8 Å². The number of carbonyl (C=O) groups excluding carboxylic acids is 2. The summed E-state index contributed by atoms with van der Waals surface area (Å²) in [5.41, 5.74) is 1.04. The van der Waals surface area contributed by atoms with Gasteiger partial charge < -0.3 is 24.1 Å². The van der Waals surface area contributed by atoms with Crippen LogP contribution in [0.3, 0.4) is 0 Å². The fourth-order valence-corrected chi connectivity index (χ4v) is 3.73. The molecule has 8 nitrogen and oxygen atoms in total. The standard InChI is InChI=1S/C19H27N2O6P/c1-19(2,3)27-18(23)21-16(17(22)12-28(24,25-4)26-5)10-13-11-20-15-9-7-6-8-14(13)15/h6-9,11,16,20H,10,12H2,1-5H3,(H,21,23). The summed E-state index contributed by atoms with van der Waals surface area (Å²) in [4.78, 5) is 28.2. The second-order valence-electron chi connectivity index (χ2n) is 7.36. The molecule has 1 aromatic heterocycles. The predicted octanol–water partition coefficient (Wildman–Crippen LogP) is 3.66. The molecule has 0 aliphatic rings. The SMILES string of the molecule is COP(=O)(CC(=O)C(Cc1c[nH]c2ccccc12)NC(=O)OC(C)(C)C)OC. The van der Waals surface area contributed by atoms with Crippen LogP contribution in [0.4, 0.5) is 4.79 Å². The Bertz CT molecular complexity index is 878. The van der Waals surface area contributed by atoms with Crippen molar-refractivity contribution in [2.24, 2.45) is 0 Å². The number of rotatable bonds is 8. The van der Waals surface area contributed by atoms with Crippen LogP contribution in [-0.2, 0) is 29.6 Å².